The van der Waals surface area contributed by atoms with Gasteiger partial charge < -0.3 is 20.1 Å². The van der Waals surface area contributed by atoms with Crippen LogP contribution in [0.3, 0.4) is 0 Å². The standard InChI is InChI=1S/C28H29N7O3/c29-28-31-16-22(17-32-28)26-33-23-14-21(15-30-25(23)27(34-26)35-6-10-38-11-7-35)20-3-1-2-18(12-20)13-24(36)19-4-8-37-9-5-19/h1-3,12,14-17,19H,4-11,13H2,(H2,29,31,32). The molecule has 5 heterocycles. The molecule has 2 aliphatic heterocycles. The summed E-state index contributed by atoms with van der Waals surface area (Å²) in [6, 6.07) is 10.1. The number of Topliss-reactive ketones (excluding diaryl/α,β-unsaturated/α-hetero) is 1. The largest absolute Gasteiger partial charge is 0.381 e. The molecule has 0 bridgehead atoms. The average molecular weight is 512 g/mol. The van der Waals surface area contributed by atoms with E-state index in [0.717, 1.165) is 59.5 Å². The van der Waals surface area contributed by atoms with Gasteiger partial charge in [-0.1, -0.05) is 24.3 Å². The first kappa shape index (κ1) is 24.3. The Hall–Kier alpha value is -4.02. The fourth-order valence-electron chi connectivity index (χ4n) is 4.97. The third kappa shape index (κ3) is 5.18. The van der Waals surface area contributed by atoms with Gasteiger partial charge in [0.15, 0.2) is 11.6 Å². The van der Waals surface area contributed by atoms with Gasteiger partial charge in [0.05, 0.1) is 24.3 Å². The van der Waals surface area contributed by atoms with Crippen molar-refractivity contribution in [2.24, 2.45) is 5.92 Å². The van der Waals surface area contributed by atoms with E-state index in [1.54, 1.807) is 12.4 Å². The zero-order valence-electron chi connectivity index (χ0n) is 21.0. The lowest BCUT2D eigenvalue weighted by atomic mass is 9.91. The van der Waals surface area contributed by atoms with Gasteiger partial charge >= 0.3 is 0 Å². The summed E-state index contributed by atoms with van der Waals surface area (Å²) in [5.74, 6) is 1.82. The summed E-state index contributed by atoms with van der Waals surface area (Å²) in [7, 11) is 0. The zero-order valence-corrected chi connectivity index (χ0v) is 21.0. The molecule has 10 heteroatoms. The lowest BCUT2D eigenvalue weighted by Gasteiger charge is -2.28. The number of morpholine rings is 1. The third-order valence-corrected chi connectivity index (χ3v) is 7.07. The molecule has 3 aromatic heterocycles. The molecule has 194 valence electrons. The van der Waals surface area contributed by atoms with Crippen molar-refractivity contribution in [3.63, 3.8) is 0 Å². The summed E-state index contributed by atoms with van der Waals surface area (Å²) in [6.45, 7) is 4.02. The van der Waals surface area contributed by atoms with Crippen molar-refractivity contribution in [3.05, 3.63) is 54.5 Å². The minimum absolute atomic E-state index is 0.0841. The second kappa shape index (κ2) is 10.8. The van der Waals surface area contributed by atoms with Gasteiger partial charge in [-0.05, 0) is 30.0 Å². The summed E-state index contributed by atoms with van der Waals surface area (Å²) >= 11 is 0. The number of ether oxygens (including phenoxy) is 2. The maximum absolute atomic E-state index is 12.9. The van der Waals surface area contributed by atoms with Crippen molar-refractivity contribution >= 4 is 28.6 Å². The fraction of sp³-hybridized carbons (Fsp3) is 0.357. The monoisotopic (exact) mass is 511 g/mol. The van der Waals surface area contributed by atoms with Crippen LogP contribution in [-0.2, 0) is 20.7 Å². The van der Waals surface area contributed by atoms with E-state index in [0.29, 0.717) is 44.2 Å². The maximum Gasteiger partial charge on any atom is 0.219 e. The van der Waals surface area contributed by atoms with Crippen molar-refractivity contribution < 1.29 is 14.3 Å². The number of nitrogens with two attached hydrogens (primary N) is 1. The first-order valence-electron chi connectivity index (χ1n) is 12.9. The fourth-order valence-corrected chi connectivity index (χ4v) is 4.97. The van der Waals surface area contributed by atoms with Crippen molar-refractivity contribution in [3.8, 4) is 22.5 Å². The Kier molecular flexibility index (Phi) is 6.89. The van der Waals surface area contributed by atoms with Crippen LogP contribution in [0.4, 0.5) is 11.8 Å². The van der Waals surface area contributed by atoms with Crippen molar-refractivity contribution in [1.82, 2.24) is 24.9 Å². The number of fused-ring (bicyclic) bond motifs is 1. The van der Waals surface area contributed by atoms with Gasteiger partial charge in [-0.2, -0.15) is 0 Å². The predicted octanol–water partition coefficient (Wildman–Crippen LogP) is 3.11. The van der Waals surface area contributed by atoms with E-state index >= 15 is 0 Å². The molecule has 0 radical (unpaired) electrons. The molecule has 0 amide bonds. The predicted molar refractivity (Wildman–Crippen MR) is 143 cm³/mol. The second-order valence-electron chi connectivity index (χ2n) is 9.62. The molecule has 2 fully saturated rings. The topological polar surface area (TPSA) is 129 Å². The number of rotatable bonds is 6. The molecule has 2 saturated heterocycles. The van der Waals surface area contributed by atoms with E-state index in [1.807, 2.05) is 30.5 Å². The van der Waals surface area contributed by atoms with Gasteiger partial charge in [0.25, 0.3) is 0 Å². The molecule has 1 aromatic carbocycles. The van der Waals surface area contributed by atoms with Crippen LogP contribution in [0.5, 0.6) is 0 Å². The van der Waals surface area contributed by atoms with Gasteiger partial charge in [-0.15, -0.1) is 0 Å². The van der Waals surface area contributed by atoms with Gasteiger partial charge in [0.2, 0.25) is 5.95 Å². The Morgan fingerprint density at radius 3 is 2.42 bits per heavy atom. The van der Waals surface area contributed by atoms with Crippen LogP contribution in [-0.4, -0.2) is 70.2 Å². The molecule has 38 heavy (non-hydrogen) atoms. The average Bonchev–Trinajstić information content (AvgIpc) is 2.97. The van der Waals surface area contributed by atoms with Gasteiger partial charge in [0.1, 0.15) is 11.3 Å². The summed E-state index contributed by atoms with van der Waals surface area (Å²) < 4.78 is 11.0. The molecule has 0 atom stereocenters. The first-order valence-corrected chi connectivity index (χ1v) is 12.9. The summed E-state index contributed by atoms with van der Waals surface area (Å²) in [4.78, 5) is 37.7. The summed E-state index contributed by atoms with van der Waals surface area (Å²) in [6.07, 6.45) is 7.14. The lowest BCUT2D eigenvalue weighted by Crippen LogP contribution is -2.37. The maximum atomic E-state index is 12.9. The SMILES string of the molecule is Nc1ncc(-c2nc(N3CCOCC3)c3ncc(-c4cccc(CC(=O)C5CCOCC5)c4)cc3n2)cn1. The molecule has 0 unspecified atom stereocenters. The quantitative estimate of drug-likeness (QED) is 0.412. The highest BCUT2D eigenvalue weighted by Crippen LogP contribution is 2.30. The number of pyridine rings is 1. The van der Waals surface area contributed by atoms with E-state index in [1.165, 1.54) is 0 Å². The van der Waals surface area contributed by atoms with E-state index in [9.17, 15) is 4.79 Å². The molecule has 0 spiro atoms. The lowest BCUT2D eigenvalue weighted by molar-refractivity contribution is -0.125. The number of carbonyl (C=O) groups is 1. The zero-order chi connectivity index (χ0) is 25.9. The summed E-state index contributed by atoms with van der Waals surface area (Å²) in [5.41, 5.74) is 10.7. The van der Waals surface area contributed by atoms with Crippen LogP contribution in [0, 0.1) is 5.92 Å². The smallest absolute Gasteiger partial charge is 0.219 e. The van der Waals surface area contributed by atoms with Gasteiger partial charge in [-0.25, -0.2) is 19.9 Å². The highest BCUT2D eigenvalue weighted by Gasteiger charge is 2.22. The molecule has 4 aromatic rings. The van der Waals surface area contributed by atoms with Crippen molar-refractivity contribution in [2.75, 3.05) is 50.2 Å². The number of nitrogens with zero attached hydrogens (tertiary/aromatic N) is 6. The van der Waals surface area contributed by atoms with E-state index in [4.69, 9.17) is 30.2 Å². The van der Waals surface area contributed by atoms with Crippen LogP contribution >= 0.6 is 0 Å². The second-order valence-corrected chi connectivity index (χ2v) is 9.62. The van der Waals surface area contributed by atoms with Crippen LogP contribution in [0.1, 0.15) is 18.4 Å². The number of benzene rings is 1. The number of anilines is 2. The van der Waals surface area contributed by atoms with Gasteiger partial charge in [0, 0.05) is 62.8 Å². The highest BCUT2D eigenvalue weighted by molar-refractivity contribution is 5.90. The minimum atomic E-state index is 0.0841. The Morgan fingerprint density at radius 1 is 0.895 bits per heavy atom. The number of aromatic nitrogens is 5. The number of carbonyl (C=O) groups excluding carboxylic acids is 1. The Labute approximate surface area is 220 Å². The number of nitrogen functional groups attached to an aromatic ring is 1. The van der Waals surface area contributed by atoms with Crippen molar-refractivity contribution in [2.45, 2.75) is 19.3 Å². The summed E-state index contributed by atoms with van der Waals surface area (Å²) in [5, 5.41) is 0. The molecule has 6 rings (SSSR count). The molecule has 2 N–H and O–H groups in total. The highest BCUT2D eigenvalue weighted by atomic mass is 16.5. The first-order chi connectivity index (χ1) is 18.6. The van der Waals surface area contributed by atoms with Crippen LogP contribution in [0.15, 0.2) is 48.9 Å². The minimum Gasteiger partial charge on any atom is -0.381 e. The Balaban J connectivity index is 1.36. The normalized spacial score (nSPS) is 16.6. The third-order valence-electron chi connectivity index (χ3n) is 7.07. The van der Waals surface area contributed by atoms with Gasteiger partial charge in [-0.3, -0.25) is 9.78 Å². The number of hydrogen-bond acceptors (Lipinski definition) is 10. The molecule has 2 aliphatic rings. The van der Waals surface area contributed by atoms with Crippen LogP contribution < -0.4 is 10.6 Å². The van der Waals surface area contributed by atoms with E-state index in [2.05, 4.69) is 20.9 Å². The molecular weight excluding hydrogens is 482 g/mol. The molecular formula is C28H29N7O3. The van der Waals surface area contributed by atoms with E-state index in [-0.39, 0.29) is 17.6 Å². The Morgan fingerprint density at radius 2 is 1.63 bits per heavy atom. The van der Waals surface area contributed by atoms with Crippen LogP contribution in [0.25, 0.3) is 33.5 Å². The van der Waals surface area contributed by atoms with E-state index < -0.39 is 0 Å². The number of ketones is 1. The Bertz CT molecular complexity index is 1450. The molecule has 0 saturated carbocycles. The van der Waals surface area contributed by atoms with Crippen molar-refractivity contribution in [1.29, 1.82) is 0 Å². The van der Waals surface area contributed by atoms with Crippen LogP contribution in [0.2, 0.25) is 0 Å². The molecule has 0 aliphatic carbocycles. The number of hydrogen-bond donors (Lipinski definition) is 1. The molecule has 10 nitrogen and oxygen atoms in total.